The van der Waals surface area contributed by atoms with E-state index in [1.165, 1.54) is 23.6 Å². The van der Waals surface area contributed by atoms with Gasteiger partial charge in [0.2, 0.25) is 0 Å². The van der Waals surface area contributed by atoms with Crippen LogP contribution in [0, 0.1) is 0 Å². The highest BCUT2D eigenvalue weighted by atomic mass is 32.2. The van der Waals surface area contributed by atoms with Gasteiger partial charge < -0.3 is 10.6 Å². The lowest BCUT2D eigenvalue weighted by atomic mass is 9.94. The number of rotatable bonds is 4. The quantitative estimate of drug-likeness (QED) is 0.899. The number of hydrogen-bond acceptors (Lipinski definition) is 5. The molecule has 5 nitrogen and oxygen atoms in total. The van der Waals surface area contributed by atoms with E-state index in [9.17, 15) is 8.42 Å². The van der Waals surface area contributed by atoms with Crippen LogP contribution in [-0.4, -0.2) is 32.7 Å². The van der Waals surface area contributed by atoms with Crippen molar-refractivity contribution in [1.82, 2.24) is 10.3 Å². The third-order valence-electron chi connectivity index (χ3n) is 3.87. The molecule has 1 unspecified atom stereocenters. The number of hydrogen-bond donors (Lipinski definition) is 2. The van der Waals surface area contributed by atoms with Gasteiger partial charge >= 0.3 is 0 Å². The molecule has 0 bridgehead atoms. The Kier molecular flexibility index (Phi) is 4.13. The van der Waals surface area contributed by atoms with Gasteiger partial charge in [-0.25, -0.2) is 13.4 Å². The fourth-order valence-corrected chi connectivity index (χ4v) is 3.25. The van der Waals surface area contributed by atoms with E-state index in [0.29, 0.717) is 12.4 Å². The van der Waals surface area contributed by atoms with Crippen LogP contribution in [-0.2, 0) is 16.3 Å². The normalized spacial score (nSPS) is 17.8. The minimum atomic E-state index is -3.20. The molecule has 2 N–H and O–H groups in total. The summed E-state index contributed by atoms with van der Waals surface area (Å²) in [5, 5.41) is 6.76. The van der Waals surface area contributed by atoms with E-state index in [2.05, 4.69) is 39.9 Å². The summed E-state index contributed by atoms with van der Waals surface area (Å²) in [5.41, 5.74) is 2.70. The van der Waals surface area contributed by atoms with Crippen LogP contribution in [0.5, 0.6) is 0 Å². The second kappa shape index (κ2) is 6.06. The zero-order valence-electron chi connectivity index (χ0n) is 12.4. The number of sulfone groups is 1. The predicted molar refractivity (Wildman–Crippen MR) is 86.7 cm³/mol. The number of benzene rings is 1. The van der Waals surface area contributed by atoms with E-state index >= 15 is 0 Å². The Hall–Kier alpha value is -1.92. The molecule has 3 rings (SSSR count). The Morgan fingerprint density at radius 3 is 2.82 bits per heavy atom. The lowest BCUT2D eigenvalue weighted by Crippen LogP contribution is -2.34. The standard InChI is InChI=1S/C16H19N3O2S/c1-22(20,21)13-6-7-16(18-10-13)19-11-15-14-5-3-2-4-12(14)8-9-17-15/h2-7,10,15,17H,8-9,11H2,1H3,(H,18,19). The fraction of sp³-hybridized carbons (Fsp3) is 0.312. The van der Waals surface area contributed by atoms with E-state index in [0.717, 1.165) is 13.0 Å². The molecule has 6 heteroatoms. The monoisotopic (exact) mass is 317 g/mol. The van der Waals surface area contributed by atoms with Gasteiger partial charge in [-0.2, -0.15) is 0 Å². The maximum absolute atomic E-state index is 11.4. The fourth-order valence-electron chi connectivity index (χ4n) is 2.69. The number of aromatic nitrogens is 1. The average molecular weight is 317 g/mol. The van der Waals surface area contributed by atoms with Crippen molar-refractivity contribution >= 4 is 15.7 Å². The van der Waals surface area contributed by atoms with Crippen molar-refractivity contribution in [3.8, 4) is 0 Å². The third-order valence-corrected chi connectivity index (χ3v) is 4.97. The van der Waals surface area contributed by atoms with Crippen LogP contribution in [0.15, 0.2) is 47.5 Å². The van der Waals surface area contributed by atoms with Crippen molar-refractivity contribution in [2.45, 2.75) is 17.4 Å². The summed E-state index contributed by atoms with van der Waals surface area (Å²) in [6.45, 7) is 1.67. The largest absolute Gasteiger partial charge is 0.368 e. The molecule has 0 saturated carbocycles. The minimum absolute atomic E-state index is 0.235. The predicted octanol–water partition coefficient (Wildman–Crippen LogP) is 1.78. The minimum Gasteiger partial charge on any atom is -0.368 e. The second-order valence-electron chi connectivity index (χ2n) is 5.49. The molecule has 1 aliphatic rings. The van der Waals surface area contributed by atoms with Gasteiger partial charge in [-0.05, 0) is 36.2 Å². The molecule has 0 spiro atoms. The van der Waals surface area contributed by atoms with Gasteiger partial charge in [-0.15, -0.1) is 0 Å². The first-order chi connectivity index (χ1) is 10.5. The first kappa shape index (κ1) is 15.0. The van der Waals surface area contributed by atoms with Gasteiger partial charge in [0.05, 0.1) is 4.90 Å². The summed E-state index contributed by atoms with van der Waals surface area (Å²) in [7, 11) is -3.20. The Bertz CT molecular complexity index is 757. The SMILES string of the molecule is CS(=O)(=O)c1ccc(NCC2NCCc3ccccc32)nc1. The summed E-state index contributed by atoms with van der Waals surface area (Å²) in [5.74, 6) is 0.678. The van der Waals surface area contributed by atoms with Crippen molar-refractivity contribution in [3.05, 3.63) is 53.7 Å². The Balaban J connectivity index is 1.69. The highest BCUT2D eigenvalue weighted by Gasteiger charge is 2.18. The van der Waals surface area contributed by atoms with Crippen molar-refractivity contribution in [2.75, 3.05) is 24.7 Å². The van der Waals surface area contributed by atoms with Gasteiger partial charge in [0.1, 0.15) is 5.82 Å². The molecule has 0 fully saturated rings. The smallest absolute Gasteiger partial charge is 0.177 e. The summed E-state index contributed by atoms with van der Waals surface area (Å²) < 4.78 is 22.8. The molecule has 116 valence electrons. The zero-order valence-corrected chi connectivity index (χ0v) is 13.2. The maximum Gasteiger partial charge on any atom is 0.177 e. The van der Waals surface area contributed by atoms with Crippen molar-refractivity contribution < 1.29 is 8.42 Å². The summed E-state index contributed by atoms with van der Waals surface area (Å²) in [6.07, 6.45) is 3.62. The number of fused-ring (bicyclic) bond motifs is 1. The molecule has 2 aromatic rings. The summed E-state index contributed by atoms with van der Waals surface area (Å²) in [4.78, 5) is 4.40. The van der Waals surface area contributed by atoms with Gasteiger partial charge in [-0.1, -0.05) is 24.3 Å². The number of nitrogens with one attached hydrogen (secondary N) is 2. The lowest BCUT2D eigenvalue weighted by Gasteiger charge is -2.27. The van der Waals surface area contributed by atoms with E-state index in [1.54, 1.807) is 12.1 Å². The van der Waals surface area contributed by atoms with Crippen LogP contribution in [0.3, 0.4) is 0 Å². The van der Waals surface area contributed by atoms with E-state index < -0.39 is 9.84 Å². The molecule has 22 heavy (non-hydrogen) atoms. The highest BCUT2D eigenvalue weighted by molar-refractivity contribution is 7.90. The number of nitrogens with zero attached hydrogens (tertiary/aromatic N) is 1. The first-order valence-corrected chi connectivity index (χ1v) is 9.14. The number of pyridine rings is 1. The van der Waals surface area contributed by atoms with Crippen LogP contribution < -0.4 is 10.6 Å². The summed E-state index contributed by atoms with van der Waals surface area (Å²) >= 11 is 0. The van der Waals surface area contributed by atoms with Crippen molar-refractivity contribution in [1.29, 1.82) is 0 Å². The molecule has 0 amide bonds. The first-order valence-electron chi connectivity index (χ1n) is 7.25. The van der Waals surface area contributed by atoms with E-state index in [-0.39, 0.29) is 10.9 Å². The lowest BCUT2D eigenvalue weighted by molar-refractivity contribution is 0.523. The van der Waals surface area contributed by atoms with Crippen molar-refractivity contribution in [3.63, 3.8) is 0 Å². The van der Waals surface area contributed by atoms with Crippen LogP contribution in [0.1, 0.15) is 17.2 Å². The molecule has 1 atom stereocenters. The highest BCUT2D eigenvalue weighted by Crippen LogP contribution is 2.22. The Morgan fingerprint density at radius 1 is 1.27 bits per heavy atom. The molecule has 1 aliphatic heterocycles. The average Bonchev–Trinajstić information content (AvgIpc) is 2.52. The Labute approximate surface area is 130 Å². The maximum atomic E-state index is 11.4. The van der Waals surface area contributed by atoms with Crippen LogP contribution in [0.25, 0.3) is 0 Å². The van der Waals surface area contributed by atoms with Gasteiger partial charge in [0.15, 0.2) is 9.84 Å². The van der Waals surface area contributed by atoms with Gasteiger partial charge in [0.25, 0.3) is 0 Å². The molecule has 1 aromatic heterocycles. The molecule has 0 aliphatic carbocycles. The third kappa shape index (κ3) is 3.28. The van der Waals surface area contributed by atoms with Crippen LogP contribution >= 0.6 is 0 Å². The molecule has 0 saturated heterocycles. The van der Waals surface area contributed by atoms with Crippen LogP contribution in [0.4, 0.5) is 5.82 Å². The van der Waals surface area contributed by atoms with Crippen molar-refractivity contribution in [2.24, 2.45) is 0 Å². The van der Waals surface area contributed by atoms with Gasteiger partial charge in [0, 0.05) is 25.0 Å². The molecular weight excluding hydrogens is 298 g/mol. The second-order valence-corrected chi connectivity index (χ2v) is 7.50. The van der Waals surface area contributed by atoms with Crippen LogP contribution in [0.2, 0.25) is 0 Å². The molecule has 2 heterocycles. The topological polar surface area (TPSA) is 71.1 Å². The number of anilines is 1. The van der Waals surface area contributed by atoms with Gasteiger partial charge in [-0.3, -0.25) is 0 Å². The molecule has 1 aromatic carbocycles. The zero-order chi connectivity index (χ0) is 15.6. The van der Waals surface area contributed by atoms with E-state index in [1.807, 2.05) is 0 Å². The molecular formula is C16H19N3O2S. The summed E-state index contributed by atoms with van der Waals surface area (Å²) in [6, 6.07) is 12.0. The van der Waals surface area contributed by atoms with E-state index in [4.69, 9.17) is 0 Å². The Morgan fingerprint density at radius 2 is 2.09 bits per heavy atom. The molecule has 0 radical (unpaired) electrons.